The van der Waals surface area contributed by atoms with E-state index in [9.17, 15) is 14.3 Å². The molecule has 0 unspecified atom stereocenters. The molecule has 0 saturated carbocycles. The van der Waals surface area contributed by atoms with Crippen LogP contribution in [0.25, 0.3) is 10.9 Å². The van der Waals surface area contributed by atoms with Crippen molar-refractivity contribution in [3.63, 3.8) is 0 Å². The van der Waals surface area contributed by atoms with Gasteiger partial charge in [0.15, 0.2) is 0 Å². The number of pyridine rings is 1. The van der Waals surface area contributed by atoms with Crippen LogP contribution < -0.4 is 4.90 Å². The predicted molar refractivity (Wildman–Crippen MR) is 97.7 cm³/mol. The number of ether oxygens (including phenoxy) is 1. The minimum Gasteiger partial charge on any atom is -0.444 e. The predicted octanol–water partition coefficient (Wildman–Crippen LogP) is 2.79. The average Bonchev–Trinajstić information content (AvgIpc) is 2.94. The van der Waals surface area contributed by atoms with Gasteiger partial charge in [0.1, 0.15) is 17.2 Å². The van der Waals surface area contributed by atoms with Gasteiger partial charge in [-0.15, -0.1) is 0 Å². The summed E-state index contributed by atoms with van der Waals surface area (Å²) in [6, 6.07) is 7.82. The molecule has 1 fully saturated rings. The molecular formula is C19H24FN3O3. The lowest BCUT2D eigenvalue weighted by molar-refractivity contribution is 0.0270. The lowest BCUT2D eigenvalue weighted by Crippen LogP contribution is -2.42. The van der Waals surface area contributed by atoms with Crippen molar-refractivity contribution in [2.45, 2.75) is 38.5 Å². The molecule has 0 spiro atoms. The number of benzene rings is 1. The van der Waals surface area contributed by atoms with Crippen molar-refractivity contribution in [2.75, 3.05) is 25.0 Å². The number of aliphatic hydroxyl groups is 1. The Bertz CT molecular complexity index is 821. The van der Waals surface area contributed by atoms with Crippen molar-refractivity contribution < 1.29 is 19.0 Å². The number of aliphatic hydroxyl groups excluding tert-OH is 1. The normalized spacial score (nSPS) is 20.5. The van der Waals surface area contributed by atoms with Crippen molar-refractivity contribution in [2.24, 2.45) is 0 Å². The number of likely N-dealkylation sites (N-methyl/N-ethyl adjacent to an activating group) is 1. The molecule has 140 valence electrons. The van der Waals surface area contributed by atoms with E-state index in [-0.39, 0.29) is 18.4 Å². The Kier molecular flexibility index (Phi) is 4.75. The summed E-state index contributed by atoms with van der Waals surface area (Å²) in [4.78, 5) is 20.0. The van der Waals surface area contributed by atoms with Gasteiger partial charge in [0.05, 0.1) is 24.2 Å². The second kappa shape index (κ2) is 6.72. The van der Waals surface area contributed by atoms with Crippen LogP contribution in [0.15, 0.2) is 30.3 Å². The first-order valence-corrected chi connectivity index (χ1v) is 8.59. The molecule has 1 aliphatic heterocycles. The first-order valence-electron chi connectivity index (χ1n) is 8.59. The summed E-state index contributed by atoms with van der Waals surface area (Å²) >= 11 is 0. The average molecular weight is 361 g/mol. The van der Waals surface area contributed by atoms with Crippen molar-refractivity contribution in [3.8, 4) is 0 Å². The smallest absolute Gasteiger partial charge is 0.410 e. The van der Waals surface area contributed by atoms with Gasteiger partial charge in [-0.05, 0) is 45.0 Å². The maximum atomic E-state index is 13.5. The molecule has 0 radical (unpaired) electrons. The zero-order chi connectivity index (χ0) is 19.1. The molecule has 0 bridgehead atoms. The third-order valence-corrected chi connectivity index (χ3v) is 4.41. The van der Waals surface area contributed by atoms with Gasteiger partial charge in [-0.3, -0.25) is 0 Å². The van der Waals surface area contributed by atoms with Gasteiger partial charge < -0.3 is 19.6 Å². The fourth-order valence-corrected chi connectivity index (χ4v) is 3.07. The Morgan fingerprint density at radius 1 is 1.31 bits per heavy atom. The van der Waals surface area contributed by atoms with E-state index in [1.165, 1.54) is 17.0 Å². The topological polar surface area (TPSA) is 65.9 Å². The Morgan fingerprint density at radius 2 is 2.00 bits per heavy atom. The van der Waals surface area contributed by atoms with E-state index in [0.29, 0.717) is 17.9 Å². The molecule has 2 heterocycles. The molecule has 2 aromatic rings. The van der Waals surface area contributed by atoms with Crippen LogP contribution in [0.1, 0.15) is 20.8 Å². The number of hydrogen-bond donors (Lipinski definition) is 1. The van der Waals surface area contributed by atoms with E-state index in [4.69, 9.17) is 4.74 Å². The van der Waals surface area contributed by atoms with Crippen molar-refractivity contribution in [1.29, 1.82) is 0 Å². The van der Waals surface area contributed by atoms with Crippen LogP contribution in [0.4, 0.5) is 15.0 Å². The Labute approximate surface area is 152 Å². The standard InChI is InChI=1S/C19H24FN3O3/c1-19(2,3)26-18(25)23-10-15(16(24)11-23)22(4)17-8-6-12-5-7-13(20)9-14(12)21-17/h5-9,15-16,24H,10-11H2,1-4H3/t15-,16-/m0/s1. The number of nitrogens with zero attached hydrogens (tertiary/aromatic N) is 3. The largest absolute Gasteiger partial charge is 0.444 e. The van der Waals surface area contributed by atoms with Crippen LogP contribution in [0.3, 0.4) is 0 Å². The lowest BCUT2D eigenvalue weighted by atomic mass is 10.1. The summed E-state index contributed by atoms with van der Waals surface area (Å²) in [6.07, 6.45) is -1.17. The van der Waals surface area contributed by atoms with Gasteiger partial charge in [0, 0.05) is 25.0 Å². The van der Waals surface area contributed by atoms with Crippen LogP contribution in [0, 0.1) is 5.82 Å². The summed E-state index contributed by atoms with van der Waals surface area (Å²) in [5.74, 6) is 0.264. The number of likely N-dealkylation sites (tertiary alicyclic amines) is 1. The zero-order valence-corrected chi connectivity index (χ0v) is 15.4. The number of carbonyl (C=O) groups is 1. The van der Waals surface area contributed by atoms with Crippen LogP contribution >= 0.6 is 0 Å². The highest BCUT2D eigenvalue weighted by molar-refractivity contribution is 5.80. The molecule has 3 rings (SSSR count). The quantitative estimate of drug-likeness (QED) is 0.891. The second-order valence-electron chi connectivity index (χ2n) is 7.64. The number of halogens is 1. The molecule has 1 amide bonds. The summed E-state index contributed by atoms with van der Waals surface area (Å²) in [7, 11) is 1.81. The van der Waals surface area contributed by atoms with E-state index in [1.807, 2.05) is 17.0 Å². The number of anilines is 1. The molecule has 1 saturated heterocycles. The van der Waals surface area contributed by atoms with Crippen LogP contribution in [-0.2, 0) is 4.74 Å². The fourth-order valence-electron chi connectivity index (χ4n) is 3.07. The minimum absolute atomic E-state index is 0.201. The van der Waals surface area contributed by atoms with Crippen molar-refractivity contribution >= 4 is 22.8 Å². The number of rotatable bonds is 2. The molecule has 6 nitrogen and oxygen atoms in total. The Morgan fingerprint density at radius 3 is 2.69 bits per heavy atom. The second-order valence-corrected chi connectivity index (χ2v) is 7.64. The maximum Gasteiger partial charge on any atom is 0.410 e. The van der Waals surface area contributed by atoms with E-state index in [0.717, 1.165) is 5.39 Å². The van der Waals surface area contributed by atoms with Crippen LogP contribution in [0.2, 0.25) is 0 Å². The number of β-amino-alcohol motifs (C(OH)–C–C–N with tert-alkyl or cyclic N) is 1. The van der Waals surface area contributed by atoms with Gasteiger partial charge in [-0.25, -0.2) is 14.2 Å². The van der Waals surface area contributed by atoms with E-state index in [1.54, 1.807) is 33.9 Å². The van der Waals surface area contributed by atoms with Crippen molar-refractivity contribution in [3.05, 3.63) is 36.1 Å². The SMILES string of the molecule is CN(c1ccc2ccc(F)cc2n1)[C@H]1CN(C(=O)OC(C)(C)C)C[C@@H]1O. The first-order chi connectivity index (χ1) is 12.1. The van der Waals surface area contributed by atoms with E-state index >= 15 is 0 Å². The molecule has 7 heteroatoms. The summed E-state index contributed by atoms with van der Waals surface area (Å²) < 4.78 is 18.8. The van der Waals surface area contributed by atoms with Gasteiger partial charge in [-0.1, -0.05) is 0 Å². The number of hydrogen-bond acceptors (Lipinski definition) is 5. The molecule has 2 atom stereocenters. The number of aromatic nitrogens is 1. The summed E-state index contributed by atoms with van der Waals surface area (Å²) in [5.41, 5.74) is -0.0402. The molecule has 1 aliphatic rings. The van der Waals surface area contributed by atoms with Crippen LogP contribution in [0.5, 0.6) is 0 Å². The highest BCUT2D eigenvalue weighted by Gasteiger charge is 2.38. The molecule has 1 aromatic carbocycles. The van der Waals surface area contributed by atoms with Crippen LogP contribution in [-0.4, -0.2) is 59.0 Å². The zero-order valence-electron chi connectivity index (χ0n) is 15.4. The molecule has 1 aromatic heterocycles. The highest BCUT2D eigenvalue weighted by atomic mass is 19.1. The molecule has 26 heavy (non-hydrogen) atoms. The monoisotopic (exact) mass is 361 g/mol. The number of carbonyl (C=O) groups excluding carboxylic acids is 1. The third kappa shape index (κ3) is 3.88. The Balaban J connectivity index is 1.77. The molecular weight excluding hydrogens is 337 g/mol. The maximum absolute atomic E-state index is 13.5. The molecule has 1 N–H and O–H groups in total. The molecule has 0 aliphatic carbocycles. The number of amides is 1. The van der Waals surface area contributed by atoms with Gasteiger partial charge in [-0.2, -0.15) is 0 Å². The van der Waals surface area contributed by atoms with E-state index in [2.05, 4.69) is 4.98 Å². The number of fused-ring (bicyclic) bond motifs is 1. The fraction of sp³-hybridized carbons (Fsp3) is 0.474. The van der Waals surface area contributed by atoms with Crippen molar-refractivity contribution in [1.82, 2.24) is 9.88 Å². The highest BCUT2D eigenvalue weighted by Crippen LogP contribution is 2.24. The minimum atomic E-state index is -0.725. The van der Waals surface area contributed by atoms with E-state index < -0.39 is 17.8 Å². The first kappa shape index (κ1) is 18.4. The van der Waals surface area contributed by atoms with Gasteiger partial charge >= 0.3 is 6.09 Å². The lowest BCUT2D eigenvalue weighted by Gasteiger charge is -2.28. The summed E-state index contributed by atoms with van der Waals surface area (Å²) in [6.45, 7) is 5.94. The third-order valence-electron chi connectivity index (χ3n) is 4.41. The van der Waals surface area contributed by atoms with Gasteiger partial charge in [0.2, 0.25) is 0 Å². The van der Waals surface area contributed by atoms with Gasteiger partial charge in [0.25, 0.3) is 0 Å². The Hall–Kier alpha value is -2.41. The summed E-state index contributed by atoms with van der Waals surface area (Å²) in [5, 5.41) is 11.3.